The van der Waals surface area contributed by atoms with Gasteiger partial charge in [-0.25, -0.2) is 15.0 Å². The minimum atomic E-state index is 0.553. The molecule has 0 amide bonds. The summed E-state index contributed by atoms with van der Waals surface area (Å²) in [5.74, 6) is 1.71. The first-order valence-electron chi connectivity index (χ1n) is 21.9. The molecule has 302 valence electrons. The first kappa shape index (κ1) is 35.7. The van der Waals surface area contributed by atoms with Crippen LogP contribution in [0.2, 0.25) is 0 Å². The summed E-state index contributed by atoms with van der Waals surface area (Å²) < 4.78 is 11.4. The van der Waals surface area contributed by atoms with Crippen molar-refractivity contribution in [2.75, 3.05) is 0 Å². The van der Waals surface area contributed by atoms with E-state index >= 15 is 0 Å². The average Bonchev–Trinajstić information content (AvgIpc) is 4.02. The van der Waals surface area contributed by atoms with E-state index in [1.807, 2.05) is 30.3 Å². The molecule has 0 unspecified atom stereocenters. The molecule has 0 fully saturated rings. The molecular weight excluding hydrogens is 795 g/mol. The highest BCUT2D eigenvalue weighted by molar-refractivity contribution is 6.19. The molecular formula is C59H35N5O. The number of benzene rings is 10. The molecule has 4 aromatic heterocycles. The first-order chi connectivity index (χ1) is 32.2. The number of hydrogen-bond donors (Lipinski definition) is 0. The van der Waals surface area contributed by atoms with E-state index in [1.54, 1.807) is 0 Å². The fourth-order valence-electron chi connectivity index (χ4n) is 10.2. The van der Waals surface area contributed by atoms with Crippen LogP contribution in [0.15, 0.2) is 217 Å². The van der Waals surface area contributed by atoms with Crippen molar-refractivity contribution in [1.82, 2.24) is 24.1 Å². The van der Waals surface area contributed by atoms with Gasteiger partial charge in [0.25, 0.3) is 0 Å². The summed E-state index contributed by atoms with van der Waals surface area (Å²) >= 11 is 0. The Bertz CT molecular complexity index is 4150. The lowest BCUT2D eigenvalue weighted by Crippen LogP contribution is -2.05. The summed E-state index contributed by atoms with van der Waals surface area (Å²) in [6, 6.07) is 75.0. The molecule has 4 heterocycles. The lowest BCUT2D eigenvalue weighted by Gasteiger charge is -2.17. The van der Waals surface area contributed by atoms with Crippen molar-refractivity contribution in [3.63, 3.8) is 0 Å². The SMILES string of the molecule is c1ccc(-c2nc(-c3c(-n4c5cc6ccccc6cc5c5cc6ccccc6cc54)ccc4oc5ccccc5c34)nc(-c3cccc4c5ccccc5n(-c5ccccc5)c34)n2)cc1. The van der Waals surface area contributed by atoms with Gasteiger partial charge in [0, 0.05) is 49.1 Å². The third-order valence-electron chi connectivity index (χ3n) is 13.1. The van der Waals surface area contributed by atoms with Gasteiger partial charge in [-0.1, -0.05) is 146 Å². The van der Waals surface area contributed by atoms with Crippen molar-refractivity contribution in [2.45, 2.75) is 0 Å². The minimum absolute atomic E-state index is 0.553. The summed E-state index contributed by atoms with van der Waals surface area (Å²) in [6.07, 6.45) is 0. The maximum Gasteiger partial charge on any atom is 0.166 e. The number of aromatic nitrogens is 5. The maximum absolute atomic E-state index is 6.68. The number of hydrogen-bond acceptors (Lipinski definition) is 4. The van der Waals surface area contributed by atoms with Crippen molar-refractivity contribution < 1.29 is 4.42 Å². The summed E-state index contributed by atoms with van der Waals surface area (Å²) in [4.78, 5) is 16.5. The fraction of sp³-hybridized carbons (Fsp3) is 0. The zero-order valence-corrected chi connectivity index (χ0v) is 34.9. The second-order valence-corrected chi connectivity index (χ2v) is 16.8. The van der Waals surface area contributed by atoms with Gasteiger partial charge in [-0.2, -0.15) is 0 Å². The zero-order chi connectivity index (χ0) is 42.6. The van der Waals surface area contributed by atoms with E-state index in [9.17, 15) is 0 Å². The predicted octanol–water partition coefficient (Wildman–Crippen LogP) is 15.3. The summed E-state index contributed by atoms with van der Waals surface area (Å²) in [5.41, 5.74) is 10.6. The zero-order valence-electron chi connectivity index (χ0n) is 34.9. The number of para-hydroxylation sites is 4. The highest BCUT2D eigenvalue weighted by atomic mass is 16.3. The van der Waals surface area contributed by atoms with Crippen LogP contribution < -0.4 is 0 Å². The van der Waals surface area contributed by atoms with E-state index in [2.05, 4.69) is 191 Å². The molecule has 0 N–H and O–H groups in total. The molecule has 14 rings (SSSR count). The smallest absolute Gasteiger partial charge is 0.166 e. The van der Waals surface area contributed by atoms with Crippen LogP contribution in [0.1, 0.15) is 0 Å². The lowest BCUT2D eigenvalue weighted by atomic mass is 10.0. The maximum atomic E-state index is 6.68. The standard InChI is InChI=1S/C59H35N5O/c1-3-16-36(17-4-1)57-60-58(45-27-15-26-43-42-24-11-13-28-48(42)63(56(43)45)41-22-5-2-6-23-41)62-59(61-57)55-49(30-31-53-54(55)44-25-12-14-29-52(44)65-53)64-50-34-39-20-9-7-18-37(39)32-46(50)47-33-38-19-8-10-21-40(38)35-51(47)64/h1-35H. The Hall–Kier alpha value is -8.87. The normalized spacial score (nSPS) is 12.0. The molecule has 0 spiro atoms. The largest absolute Gasteiger partial charge is 0.456 e. The van der Waals surface area contributed by atoms with Crippen LogP contribution in [-0.4, -0.2) is 24.1 Å². The van der Waals surface area contributed by atoms with Gasteiger partial charge in [0.2, 0.25) is 0 Å². The fourth-order valence-corrected chi connectivity index (χ4v) is 10.2. The monoisotopic (exact) mass is 829 g/mol. The number of furan rings is 1. The number of fused-ring (bicyclic) bond motifs is 11. The molecule has 0 radical (unpaired) electrons. The van der Waals surface area contributed by atoms with Crippen molar-refractivity contribution in [3.05, 3.63) is 212 Å². The van der Waals surface area contributed by atoms with E-state index in [-0.39, 0.29) is 0 Å². The minimum Gasteiger partial charge on any atom is -0.456 e. The van der Waals surface area contributed by atoms with Crippen molar-refractivity contribution in [2.24, 2.45) is 0 Å². The third-order valence-corrected chi connectivity index (χ3v) is 13.1. The lowest BCUT2D eigenvalue weighted by molar-refractivity contribution is 0.669. The Labute approximate surface area is 371 Å². The van der Waals surface area contributed by atoms with E-state index in [0.717, 1.165) is 82.8 Å². The topological polar surface area (TPSA) is 61.7 Å². The molecule has 0 saturated carbocycles. The van der Waals surface area contributed by atoms with Gasteiger partial charge < -0.3 is 13.6 Å². The molecule has 0 aliphatic rings. The van der Waals surface area contributed by atoms with Crippen molar-refractivity contribution in [1.29, 1.82) is 0 Å². The second-order valence-electron chi connectivity index (χ2n) is 16.8. The molecule has 65 heavy (non-hydrogen) atoms. The molecule has 0 saturated heterocycles. The second kappa shape index (κ2) is 13.8. The molecule has 10 aromatic carbocycles. The van der Waals surface area contributed by atoms with E-state index in [0.29, 0.717) is 17.5 Å². The van der Waals surface area contributed by atoms with Crippen LogP contribution in [0.3, 0.4) is 0 Å². The Morgan fingerprint density at radius 3 is 1.65 bits per heavy atom. The molecule has 6 heteroatoms. The Morgan fingerprint density at radius 1 is 0.354 bits per heavy atom. The van der Waals surface area contributed by atoms with Gasteiger partial charge in [0.15, 0.2) is 17.5 Å². The Kier molecular flexibility index (Phi) is 7.59. The summed E-state index contributed by atoms with van der Waals surface area (Å²) in [6.45, 7) is 0. The molecule has 14 aromatic rings. The predicted molar refractivity (Wildman–Crippen MR) is 267 cm³/mol. The average molecular weight is 830 g/mol. The first-order valence-corrected chi connectivity index (χ1v) is 21.9. The van der Waals surface area contributed by atoms with Crippen molar-refractivity contribution >= 4 is 87.1 Å². The van der Waals surface area contributed by atoms with Gasteiger partial charge in [0.05, 0.1) is 33.3 Å². The third kappa shape index (κ3) is 5.38. The molecule has 0 atom stereocenters. The van der Waals surface area contributed by atoms with Crippen molar-refractivity contribution in [3.8, 4) is 45.5 Å². The Morgan fingerprint density at radius 2 is 0.923 bits per heavy atom. The summed E-state index contributed by atoms with van der Waals surface area (Å²) in [5, 5.41) is 11.3. The Balaban J connectivity index is 1.15. The van der Waals surface area contributed by atoms with Crippen LogP contribution in [0.5, 0.6) is 0 Å². The number of rotatable bonds is 5. The molecule has 0 aliphatic carbocycles. The van der Waals surface area contributed by atoms with Gasteiger partial charge in [-0.05, 0) is 88.3 Å². The quantitative estimate of drug-likeness (QED) is 0.173. The number of nitrogens with zero attached hydrogens (tertiary/aromatic N) is 5. The summed E-state index contributed by atoms with van der Waals surface area (Å²) in [7, 11) is 0. The highest BCUT2D eigenvalue weighted by Crippen LogP contribution is 2.45. The van der Waals surface area contributed by atoms with E-state index < -0.39 is 0 Å². The molecule has 0 bridgehead atoms. The van der Waals surface area contributed by atoms with Crippen LogP contribution in [0.25, 0.3) is 133 Å². The van der Waals surface area contributed by atoms with Crippen LogP contribution in [0.4, 0.5) is 0 Å². The highest BCUT2D eigenvalue weighted by Gasteiger charge is 2.26. The van der Waals surface area contributed by atoms with Gasteiger partial charge in [-0.3, -0.25) is 0 Å². The van der Waals surface area contributed by atoms with Crippen LogP contribution in [-0.2, 0) is 0 Å². The van der Waals surface area contributed by atoms with Crippen LogP contribution in [0, 0.1) is 0 Å². The van der Waals surface area contributed by atoms with Crippen LogP contribution >= 0.6 is 0 Å². The molecule has 0 aliphatic heterocycles. The van der Waals surface area contributed by atoms with E-state index in [1.165, 1.54) is 32.3 Å². The van der Waals surface area contributed by atoms with Gasteiger partial charge >= 0.3 is 0 Å². The molecule has 6 nitrogen and oxygen atoms in total. The van der Waals surface area contributed by atoms with Gasteiger partial charge in [0.1, 0.15) is 11.2 Å². The van der Waals surface area contributed by atoms with Gasteiger partial charge in [-0.15, -0.1) is 0 Å². The van der Waals surface area contributed by atoms with E-state index in [4.69, 9.17) is 19.4 Å².